The number of nitrogens with one attached hydrogen (secondary N) is 2. The molecule has 3 rings (SSSR count). The zero-order chi connectivity index (χ0) is 16.1. The summed E-state index contributed by atoms with van der Waals surface area (Å²) in [5.74, 6) is 0.843. The lowest BCUT2D eigenvalue weighted by Gasteiger charge is -2.19. The van der Waals surface area contributed by atoms with Crippen LogP contribution in [0.2, 0.25) is 0 Å². The van der Waals surface area contributed by atoms with Gasteiger partial charge in [0.05, 0.1) is 10.9 Å². The van der Waals surface area contributed by atoms with E-state index in [9.17, 15) is 9.59 Å². The molecular weight excluding hydrogens is 292 g/mol. The fraction of sp³-hybridized carbons (Fsp3) is 0.471. The highest BCUT2D eigenvalue weighted by molar-refractivity contribution is 5.77. The van der Waals surface area contributed by atoms with Crippen LogP contribution in [0.25, 0.3) is 10.9 Å². The third-order valence-electron chi connectivity index (χ3n) is 4.16. The number of hydrogen-bond acceptors (Lipinski definition) is 4. The van der Waals surface area contributed by atoms with Crippen molar-refractivity contribution in [3.8, 4) is 0 Å². The molecule has 6 nitrogen and oxygen atoms in total. The van der Waals surface area contributed by atoms with Gasteiger partial charge in [-0.15, -0.1) is 0 Å². The van der Waals surface area contributed by atoms with Crippen LogP contribution in [0.1, 0.15) is 25.1 Å². The zero-order valence-electron chi connectivity index (χ0n) is 13.2. The molecule has 1 saturated heterocycles. The molecule has 2 heterocycles. The van der Waals surface area contributed by atoms with Crippen molar-refractivity contribution >= 4 is 16.8 Å². The van der Waals surface area contributed by atoms with Crippen molar-refractivity contribution in [3.63, 3.8) is 0 Å². The summed E-state index contributed by atoms with van der Waals surface area (Å²) in [6.45, 7) is 3.46. The lowest BCUT2D eigenvalue weighted by molar-refractivity contribution is -0.131. The van der Waals surface area contributed by atoms with Gasteiger partial charge >= 0.3 is 0 Å². The number of para-hydroxylation sites is 1. The summed E-state index contributed by atoms with van der Waals surface area (Å²) in [5.41, 5.74) is 0.590. The Morgan fingerprint density at radius 2 is 2.09 bits per heavy atom. The Balaban J connectivity index is 1.58. The summed E-state index contributed by atoms with van der Waals surface area (Å²) in [7, 11) is 0. The lowest BCUT2D eigenvalue weighted by Crippen LogP contribution is -2.34. The molecule has 1 amide bonds. The third-order valence-corrected chi connectivity index (χ3v) is 4.16. The zero-order valence-corrected chi connectivity index (χ0v) is 13.2. The van der Waals surface area contributed by atoms with Crippen molar-refractivity contribution < 1.29 is 4.79 Å². The van der Waals surface area contributed by atoms with E-state index < -0.39 is 0 Å². The maximum Gasteiger partial charge on any atom is 0.258 e. The van der Waals surface area contributed by atoms with Gasteiger partial charge in [-0.2, -0.15) is 0 Å². The second-order valence-corrected chi connectivity index (χ2v) is 5.87. The normalized spacial score (nSPS) is 15.6. The number of hydrogen-bond donors (Lipinski definition) is 2. The average Bonchev–Trinajstić information content (AvgIpc) is 2.84. The summed E-state index contributed by atoms with van der Waals surface area (Å²) in [6.07, 6.45) is 2.81. The Morgan fingerprint density at radius 1 is 1.22 bits per heavy atom. The van der Waals surface area contributed by atoms with E-state index in [-0.39, 0.29) is 11.5 Å². The molecule has 1 fully saturated rings. The topological polar surface area (TPSA) is 78.1 Å². The highest BCUT2D eigenvalue weighted by Crippen LogP contribution is 2.08. The first-order valence-electron chi connectivity index (χ1n) is 8.20. The van der Waals surface area contributed by atoms with E-state index in [1.54, 1.807) is 6.07 Å². The van der Waals surface area contributed by atoms with Crippen LogP contribution in [0.4, 0.5) is 0 Å². The Kier molecular flexibility index (Phi) is 5.02. The average molecular weight is 314 g/mol. The summed E-state index contributed by atoms with van der Waals surface area (Å²) >= 11 is 0. The largest absolute Gasteiger partial charge is 0.341 e. The van der Waals surface area contributed by atoms with Gasteiger partial charge in [0, 0.05) is 32.5 Å². The molecule has 0 unspecified atom stereocenters. The number of carbonyl (C=O) groups is 1. The molecule has 1 aliphatic rings. The molecule has 0 aliphatic carbocycles. The molecule has 6 heteroatoms. The molecule has 122 valence electrons. The smallest absolute Gasteiger partial charge is 0.258 e. The van der Waals surface area contributed by atoms with Crippen molar-refractivity contribution in [2.45, 2.75) is 25.7 Å². The molecule has 1 aromatic carbocycles. The fourth-order valence-corrected chi connectivity index (χ4v) is 2.91. The van der Waals surface area contributed by atoms with Crippen molar-refractivity contribution in [3.05, 3.63) is 40.4 Å². The molecule has 23 heavy (non-hydrogen) atoms. The lowest BCUT2D eigenvalue weighted by atomic mass is 10.2. The van der Waals surface area contributed by atoms with Gasteiger partial charge in [0.2, 0.25) is 5.91 Å². The predicted molar refractivity (Wildman–Crippen MR) is 89.4 cm³/mol. The van der Waals surface area contributed by atoms with Gasteiger partial charge in [-0.3, -0.25) is 9.59 Å². The first-order valence-corrected chi connectivity index (χ1v) is 8.20. The minimum atomic E-state index is -0.115. The molecule has 1 aromatic heterocycles. The van der Waals surface area contributed by atoms with E-state index in [1.807, 2.05) is 23.1 Å². The predicted octanol–water partition coefficient (Wildman–Crippen LogP) is 1.07. The van der Waals surface area contributed by atoms with Gasteiger partial charge in [0.25, 0.3) is 5.56 Å². The second-order valence-electron chi connectivity index (χ2n) is 5.87. The van der Waals surface area contributed by atoms with Gasteiger partial charge in [-0.05, 0) is 31.5 Å². The van der Waals surface area contributed by atoms with Crippen molar-refractivity contribution in [2.24, 2.45) is 0 Å². The summed E-state index contributed by atoms with van der Waals surface area (Å²) in [6, 6.07) is 7.30. The minimum Gasteiger partial charge on any atom is -0.341 e. The minimum absolute atomic E-state index is 0.115. The maximum absolute atomic E-state index is 12.2. The molecule has 0 radical (unpaired) electrons. The fourth-order valence-electron chi connectivity index (χ4n) is 2.91. The Bertz CT molecular complexity index is 733. The van der Waals surface area contributed by atoms with Crippen LogP contribution in [0.15, 0.2) is 29.1 Å². The van der Waals surface area contributed by atoms with Gasteiger partial charge in [-0.25, -0.2) is 4.98 Å². The van der Waals surface area contributed by atoms with Gasteiger partial charge in [0.1, 0.15) is 5.82 Å². The number of aryl methyl sites for hydroxylation is 1. The number of aromatic nitrogens is 2. The molecule has 0 spiro atoms. The molecule has 1 aliphatic heterocycles. The number of carbonyl (C=O) groups excluding carboxylic acids is 1. The number of H-pyrrole nitrogens is 1. The number of rotatable bonds is 4. The number of nitrogens with zero attached hydrogens (tertiary/aromatic N) is 2. The highest BCUT2D eigenvalue weighted by atomic mass is 16.2. The van der Waals surface area contributed by atoms with Crippen molar-refractivity contribution in [1.29, 1.82) is 0 Å². The van der Waals surface area contributed by atoms with E-state index in [4.69, 9.17) is 0 Å². The van der Waals surface area contributed by atoms with Crippen LogP contribution in [-0.2, 0) is 11.2 Å². The van der Waals surface area contributed by atoms with E-state index >= 15 is 0 Å². The monoisotopic (exact) mass is 314 g/mol. The Labute approximate surface area is 134 Å². The highest BCUT2D eigenvalue weighted by Gasteiger charge is 2.14. The van der Waals surface area contributed by atoms with E-state index in [0.29, 0.717) is 36.0 Å². The van der Waals surface area contributed by atoms with Crippen LogP contribution in [0, 0.1) is 0 Å². The van der Waals surface area contributed by atoms with Crippen LogP contribution in [0.5, 0.6) is 0 Å². The van der Waals surface area contributed by atoms with E-state index in [0.717, 1.165) is 32.6 Å². The number of benzene rings is 1. The second kappa shape index (κ2) is 7.37. The van der Waals surface area contributed by atoms with Crippen LogP contribution in [-0.4, -0.2) is 47.0 Å². The number of fused-ring (bicyclic) bond motifs is 1. The van der Waals surface area contributed by atoms with Crippen LogP contribution in [0.3, 0.4) is 0 Å². The number of aromatic amines is 1. The maximum atomic E-state index is 12.2. The van der Waals surface area contributed by atoms with E-state index in [2.05, 4.69) is 15.3 Å². The standard InChI is InChI=1S/C17H22N4O2/c22-16(21-11-4-9-18-10-12-21)8-3-7-15-19-14-6-2-1-5-13(14)17(23)20-15/h1-2,5-6,18H,3-4,7-12H2,(H,19,20,23). The summed E-state index contributed by atoms with van der Waals surface area (Å²) in [5, 5.41) is 3.89. The summed E-state index contributed by atoms with van der Waals surface area (Å²) in [4.78, 5) is 33.4. The third kappa shape index (κ3) is 3.96. The first-order chi connectivity index (χ1) is 11.2. The summed E-state index contributed by atoms with van der Waals surface area (Å²) < 4.78 is 0. The van der Waals surface area contributed by atoms with Gasteiger partial charge < -0.3 is 15.2 Å². The van der Waals surface area contributed by atoms with Gasteiger partial charge in [-0.1, -0.05) is 12.1 Å². The molecular formula is C17H22N4O2. The molecule has 0 bridgehead atoms. The number of amides is 1. The van der Waals surface area contributed by atoms with Crippen molar-refractivity contribution in [2.75, 3.05) is 26.2 Å². The quantitative estimate of drug-likeness (QED) is 0.885. The molecule has 0 saturated carbocycles. The molecule has 2 N–H and O–H groups in total. The first kappa shape index (κ1) is 15.7. The SMILES string of the molecule is O=C(CCCc1nc2ccccc2c(=O)[nH]1)N1CCCNCC1. The van der Waals surface area contributed by atoms with Crippen molar-refractivity contribution in [1.82, 2.24) is 20.2 Å². The van der Waals surface area contributed by atoms with Crippen LogP contribution < -0.4 is 10.9 Å². The van der Waals surface area contributed by atoms with Gasteiger partial charge in [0.15, 0.2) is 0 Å². The Morgan fingerprint density at radius 3 is 3.00 bits per heavy atom. The van der Waals surface area contributed by atoms with E-state index in [1.165, 1.54) is 0 Å². The Hall–Kier alpha value is -2.21. The van der Waals surface area contributed by atoms with Crippen LogP contribution >= 0.6 is 0 Å². The molecule has 2 aromatic rings. The molecule has 0 atom stereocenters.